The van der Waals surface area contributed by atoms with Gasteiger partial charge in [-0.25, -0.2) is 0 Å². The van der Waals surface area contributed by atoms with Crippen molar-refractivity contribution in [1.29, 1.82) is 0 Å². The van der Waals surface area contributed by atoms with Crippen LogP contribution in [0.25, 0.3) is 11.0 Å². The average Bonchev–Trinajstić information content (AvgIpc) is 2.67. The van der Waals surface area contributed by atoms with E-state index in [1.54, 1.807) is 12.4 Å². The summed E-state index contributed by atoms with van der Waals surface area (Å²) in [5.41, 5.74) is 4.82. The van der Waals surface area contributed by atoms with E-state index in [0.29, 0.717) is 17.6 Å². The van der Waals surface area contributed by atoms with Gasteiger partial charge in [0.15, 0.2) is 0 Å². The Labute approximate surface area is 157 Å². The monoisotopic (exact) mass is 368 g/mol. The first-order chi connectivity index (χ1) is 12.7. The zero-order valence-corrected chi connectivity index (χ0v) is 15.4. The van der Waals surface area contributed by atoms with Crippen molar-refractivity contribution in [3.8, 4) is 0 Å². The third kappa shape index (κ3) is 3.43. The van der Waals surface area contributed by atoms with Crippen molar-refractivity contribution in [2.24, 2.45) is 0 Å². The molecule has 0 spiro atoms. The number of fused-ring (bicyclic) bond motifs is 1. The summed E-state index contributed by atoms with van der Waals surface area (Å²) < 4.78 is 0. The van der Waals surface area contributed by atoms with Crippen LogP contribution >= 0.6 is 11.6 Å². The third-order valence-electron chi connectivity index (χ3n) is 4.72. The number of anilines is 2. The number of pyridine rings is 1. The van der Waals surface area contributed by atoms with E-state index in [4.69, 9.17) is 11.6 Å². The predicted octanol–water partition coefficient (Wildman–Crippen LogP) is 3.09. The Balaban J connectivity index is 1.58. The molecule has 0 radical (unpaired) electrons. The van der Waals surface area contributed by atoms with Crippen molar-refractivity contribution in [3.05, 3.63) is 53.6 Å². The number of nitrogens with one attached hydrogen (secondary N) is 2. The number of aromatic nitrogens is 3. The Morgan fingerprint density at radius 2 is 2.04 bits per heavy atom. The highest BCUT2D eigenvalue weighted by Gasteiger charge is 2.20. The highest BCUT2D eigenvalue weighted by molar-refractivity contribution is 6.32. The summed E-state index contributed by atoms with van der Waals surface area (Å²) in [6.07, 6.45) is 7.08. The Morgan fingerprint density at radius 3 is 2.85 bits per heavy atom. The van der Waals surface area contributed by atoms with Gasteiger partial charge in [0.2, 0.25) is 0 Å². The van der Waals surface area contributed by atoms with E-state index >= 15 is 0 Å². The smallest absolute Gasteiger partial charge is 0.0901 e. The molecule has 1 aliphatic heterocycles. The number of hydrogen-bond donors (Lipinski definition) is 2. The van der Waals surface area contributed by atoms with Gasteiger partial charge < -0.3 is 15.5 Å². The highest BCUT2D eigenvalue weighted by atomic mass is 35.5. The molecule has 1 aromatic carbocycles. The highest BCUT2D eigenvalue weighted by Crippen LogP contribution is 2.29. The summed E-state index contributed by atoms with van der Waals surface area (Å²) in [6, 6.07) is 6.36. The number of hydrogen-bond acceptors (Lipinski definition) is 6. The lowest BCUT2D eigenvalue weighted by atomic mass is 10.1. The van der Waals surface area contributed by atoms with Gasteiger partial charge in [0.1, 0.15) is 0 Å². The van der Waals surface area contributed by atoms with Gasteiger partial charge in [-0.2, -0.15) is 0 Å². The molecule has 0 amide bonds. The number of halogens is 1. The quantitative estimate of drug-likeness (QED) is 0.737. The fraction of sp³-hybridized carbons (Fsp3) is 0.316. The first-order valence-corrected chi connectivity index (χ1v) is 9.14. The molecule has 6 nitrogen and oxygen atoms in total. The lowest BCUT2D eigenvalue weighted by molar-refractivity contribution is 0.501. The van der Waals surface area contributed by atoms with Gasteiger partial charge in [-0.3, -0.25) is 15.0 Å². The first kappa shape index (κ1) is 17.0. The van der Waals surface area contributed by atoms with Crippen molar-refractivity contribution in [2.75, 3.05) is 29.9 Å². The third-order valence-corrected chi connectivity index (χ3v) is 5.07. The molecule has 2 N–H and O–H groups in total. The van der Waals surface area contributed by atoms with Crippen molar-refractivity contribution < 1.29 is 0 Å². The Morgan fingerprint density at radius 1 is 1.23 bits per heavy atom. The predicted molar refractivity (Wildman–Crippen MR) is 106 cm³/mol. The van der Waals surface area contributed by atoms with Crippen LogP contribution in [0, 0.1) is 0 Å². The van der Waals surface area contributed by atoms with Crippen LogP contribution in [0.5, 0.6) is 0 Å². The maximum atomic E-state index is 6.44. The van der Waals surface area contributed by atoms with E-state index in [1.807, 2.05) is 24.5 Å². The Bertz CT molecular complexity index is 915. The van der Waals surface area contributed by atoms with Crippen LogP contribution < -0.4 is 15.5 Å². The van der Waals surface area contributed by atoms with Gasteiger partial charge in [0, 0.05) is 55.8 Å². The van der Waals surface area contributed by atoms with Gasteiger partial charge in [-0.05, 0) is 30.7 Å². The summed E-state index contributed by atoms with van der Waals surface area (Å²) >= 11 is 6.44. The van der Waals surface area contributed by atoms with E-state index in [2.05, 4.69) is 43.5 Å². The molecule has 3 aromatic rings. The molecule has 1 saturated heterocycles. The number of benzene rings is 1. The fourth-order valence-corrected chi connectivity index (χ4v) is 3.55. The second kappa shape index (κ2) is 7.43. The molecule has 1 fully saturated rings. The molecule has 4 rings (SSSR count). The Kier molecular flexibility index (Phi) is 4.86. The van der Waals surface area contributed by atoms with Gasteiger partial charge in [0.05, 0.1) is 28.6 Å². The van der Waals surface area contributed by atoms with Crippen LogP contribution in [0.4, 0.5) is 11.4 Å². The van der Waals surface area contributed by atoms with E-state index in [1.165, 1.54) is 5.69 Å². The van der Waals surface area contributed by atoms with Gasteiger partial charge >= 0.3 is 0 Å². The lowest BCUT2D eigenvalue weighted by Gasteiger charge is -2.37. The largest absolute Gasteiger partial charge is 0.378 e. The molecule has 0 bridgehead atoms. The van der Waals surface area contributed by atoms with Crippen LogP contribution in [0.2, 0.25) is 5.02 Å². The number of nitrogens with zero attached hydrogens (tertiary/aromatic N) is 4. The molecule has 7 heteroatoms. The van der Waals surface area contributed by atoms with E-state index < -0.39 is 0 Å². The zero-order valence-electron chi connectivity index (χ0n) is 14.6. The SMILES string of the molecule is C[C@@H]1CNCCN1c1ccncc1NCc1cc2nccnc2cc1Cl. The van der Waals surface area contributed by atoms with E-state index in [9.17, 15) is 0 Å². The Hall–Kier alpha value is -2.44. The molecule has 0 aliphatic carbocycles. The van der Waals surface area contributed by atoms with Crippen LogP contribution in [-0.2, 0) is 6.54 Å². The molecular formula is C19H21ClN6. The van der Waals surface area contributed by atoms with Crippen molar-refractivity contribution in [2.45, 2.75) is 19.5 Å². The molecule has 1 aliphatic rings. The second-order valence-electron chi connectivity index (χ2n) is 6.48. The molecule has 2 aromatic heterocycles. The normalized spacial score (nSPS) is 17.5. The summed E-state index contributed by atoms with van der Waals surface area (Å²) in [7, 11) is 0. The summed E-state index contributed by atoms with van der Waals surface area (Å²) in [5, 5.41) is 7.61. The molecule has 26 heavy (non-hydrogen) atoms. The maximum Gasteiger partial charge on any atom is 0.0901 e. The molecule has 0 saturated carbocycles. The van der Waals surface area contributed by atoms with Crippen molar-refractivity contribution in [1.82, 2.24) is 20.3 Å². The fourth-order valence-electron chi connectivity index (χ4n) is 3.33. The topological polar surface area (TPSA) is 66.0 Å². The number of piperazine rings is 1. The molecule has 0 unspecified atom stereocenters. The van der Waals surface area contributed by atoms with Gasteiger partial charge in [0.25, 0.3) is 0 Å². The van der Waals surface area contributed by atoms with Crippen LogP contribution in [0.1, 0.15) is 12.5 Å². The summed E-state index contributed by atoms with van der Waals surface area (Å²) in [4.78, 5) is 15.4. The summed E-state index contributed by atoms with van der Waals surface area (Å²) in [5.74, 6) is 0. The minimum absolute atomic E-state index is 0.436. The van der Waals surface area contributed by atoms with E-state index in [-0.39, 0.29) is 0 Å². The minimum Gasteiger partial charge on any atom is -0.378 e. The van der Waals surface area contributed by atoms with Gasteiger partial charge in [-0.1, -0.05) is 11.6 Å². The summed E-state index contributed by atoms with van der Waals surface area (Å²) in [6.45, 7) is 5.78. The first-order valence-electron chi connectivity index (χ1n) is 8.77. The van der Waals surface area contributed by atoms with Gasteiger partial charge in [-0.15, -0.1) is 0 Å². The van der Waals surface area contributed by atoms with Crippen LogP contribution in [0.15, 0.2) is 43.0 Å². The minimum atomic E-state index is 0.436. The molecule has 134 valence electrons. The van der Waals surface area contributed by atoms with E-state index in [0.717, 1.165) is 41.9 Å². The lowest BCUT2D eigenvalue weighted by Crippen LogP contribution is -2.50. The van der Waals surface area contributed by atoms with Crippen molar-refractivity contribution >= 4 is 34.0 Å². The standard InChI is InChI=1S/C19H21ClN6/c1-13-10-22-6-7-26(13)19-2-3-21-12-18(19)25-11-14-8-16-17(9-15(14)20)24-5-4-23-16/h2-5,8-9,12-13,22,25H,6-7,10-11H2,1H3/t13-/m1/s1. The second-order valence-corrected chi connectivity index (χ2v) is 6.89. The van der Waals surface area contributed by atoms with Crippen molar-refractivity contribution in [3.63, 3.8) is 0 Å². The zero-order chi connectivity index (χ0) is 17.9. The molecule has 3 heterocycles. The van der Waals surface area contributed by atoms with Crippen LogP contribution in [-0.4, -0.2) is 40.6 Å². The molecule has 1 atom stereocenters. The molecular weight excluding hydrogens is 348 g/mol. The maximum absolute atomic E-state index is 6.44. The number of rotatable bonds is 4. The average molecular weight is 369 g/mol. The van der Waals surface area contributed by atoms with Crippen LogP contribution in [0.3, 0.4) is 0 Å².